The Labute approximate surface area is 304 Å². The van der Waals surface area contributed by atoms with Crippen molar-refractivity contribution >= 4 is 59.0 Å². The van der Waals surface area contributed by atoms with Crippen LogP contribution in [-0.4, -0.2) is 40.0 Å². The van der Waals surface area contributed by atoms with Crippen molar-refractivity contribution in [2.75, 3.05) is 13.6 Å². The lowest BCUT2D eigenvalue weighted by molar-refractivity contribution is 0.143. The molecule has 7 unspecified atom stereocenters. The fraction of sp³-hybridized carbons (Fsp3) is 0.319. The van der Waals surface area contributed by atoms with Crippen molar-refractivity contribution in [3.05, 3.63) is 137 Å². The molecule has 2 bridgehead atoms. The van der Waals surface area contributed by atoms with Crippen LogP contribution < -0.4 is 0 Å². The Kier molecular flexibility index (Phi) is 6.56. The summed E-state index contributed by atoms with van der Waals surface area (Å²) in [6, 6.07) is 30.7. The van der Waals surface area contributed by atoms with Gasteiger partial charge in [0.15, 0.2) is 0 Å². The van der Waals surface area contributed by atoms with Gasteiger partial charge in [-0.15, -0.1) is 11.3 Å². The number of benzene rings is 4. The lowest BCUT2D eigenvalue weighted by Crippen LogP contribution is -2.49. The molecule has 4 heteroatoms. The van der Waals surface area contributed by atoms with Gasteiger partial charge in [-0.2, -0.15) is 0 Å². The molecule has 0 N–H and O–H groups in total. The quantitative estimate of drug-likeness (QED) is 0.172. The second-order valence-electron chi connectivity index (χ2n) is 16.3. The van der Waals surface area contributed by atoms with Gasteiger partial charge in [-0.3, -0.25) is 4.90 Å². The average molecular weight is 684 g/mol. The Hall–Kier alpha value is -4.38. The van der Waals surface area contributed by atoms with E-state index in [1.54, 1.807) is 11.1 Å². The van der Waals surface area contributed by atoms with Gasteiger partial charge >= 0.3 is 0 Å². The highest BCUT2D eigenvalue weighted by atomic mass is 32.1. The highest BCUT2D eigenvalue weighted by molar-refractivity contribution is 7.26. The molecule has 5 heterocycles. The molecule has 51 heavy (non-hydrogen) atoms. The van der Waals surface area contributed by atoms with Gasteiger partial charge in [0.25, 0.3) is 0 Å². The molecule has 4 aromatic carbocycles. The zero-order valence-electron chi connectivity index (χ0n) is 30.0. The molecule has 3 aliphatic heterocycles. The monoisotopic (exact) mass is 683 g/mol. The summed E-state index contributed by atoms with van der Waals surface area (Å²) in [5, 5.41) is 5.89. The summed E-state index contributed by atoms with van der Waals surface area (Å²) < 4.78 is 5.57. The Morgan fingerprint density at radius 1 is 0.725 bits per heavy atom. The van der Waals surface area contributed by atoms with Crippen molar-refractivity contribution in [2.24, 2.45) is 23.7 Å². The van der Waals surface area contributed by atoms with Crippen LogP contribution in [-0.2, 0) is 12.8 Å². The van der Waals surface area contributed by atoms with Crippen LogP contribution in [0.1, 0.15) is 49.9 Å². The van der Waals surface area contributed by atoms with Crippen LogP contribution in [0.25, 0.3) is 47.7 Å². The van der Waals surface area contributed by atoms with Gasteiger partial charge in [-0.1, -0.05) is 112 Å². The zero-order chi connectivity index (χ0) is 34.1. The number of hydrogen-bond donors (Lipinski definition) is 0. The summed E-state index contributed by atoms with van der Waals surface area (Å²) in [4.78, 5) is 5.35. The highest BCUT2D eigenvalue weighted by Gasteiger charge is 2.50. The number of nitrogens with zero attached hydrogens (tertiary/aromatic N) is 3. The number of aromatic nitrogens is 1. The molecule has 1 saturated heterocycles. The topological polar surface area (TPSA) is 11.4 Å². The van der Waals surface area contributed by atoms with E-state index in [2.05, 4.69) is 151 Å². The second kappa shape index (κ2) is 11.1. The molecule has 0 amide bonds. The molecule has 0 saturated carbocycles. The normalized spacial score (nSPS) is 28.8. The Balaban J connectivity index is 1.05. The minimum Gasteiger partial charge on any atom is -0.363 e. The maximum atomic E-state index is 2.72. The van der Waals surface area contributed by atoms with Gasteiger partial charge in [-0.05, 0) is 78.6 Å². The molecule has 7 atom stereocenters. The molecule has 6 aromatic rings. The summed E-state index contributed by atoms with van der Waals surface area (Å²) in [7, 11) is 2.34. The largest absolute Gasteiger partial charge is 0.363 e. The van der Waals surface area contributed by atoms with Crippen molar-refractivity contribution in [3.8, 4) is 0 Å². The van der Waals surface area contributed by atoms with E-state index < -0.39 is 0 Å². The predicted molar refractivity (Wildman–Crippen MR) is 216 cm³/mol. The fourth-order valence-electron chi connectivity index (χ4n) is 10.9. The van der Waals surface area contributed by atoms with Crippen LogP contribution in [0.3, 0.4) is 0 Å². The number of thiophene rings is 1. The van der Waals surface area contributed by atoms with E-state index in [1.165, 1.54) is 70.9 Å². The minimum absolute atomic E-state index is 0.347. The second-order valence-corrected chi connectivity index (χ2v) is 17.4. The molecule has 0 radical (unpaired) electrons. The maximum absolute atomic E-state index is 2.72. The number of allylic oxidation sites excluding steroid dienone is 4. The molecule has 5 aliphatic rings. The number of rotatable bonds is 3. The summed E-state index contributed by atoms with van der Waals surface area (Å²) >= 11 is 2.01. The molecular formula is C47H45N3S. The zero-order valence-corrected chi connectivity index (χ0v) is 30.8. The van der Waals surface area contributed by atoms with E-state index in [0.717, 1.165) is 19.4 Å². The van der Waals surface area contributed by atoms with Crippen LogP contribution >= 0.6 is 11.3 Å². The van der Waals surface area contributed by atoms with Crippen molar-refractivity contribution in [1.29, 1.82) is 0 Å². The Morgan fingerprint density at radius 2 is 1.45 bits per heavy atom. The number of para-hydroxylation sites is 1. The molecule has 0 spiro atoms. The van der Waals surface area contributed by atoms with Gasteiger partial charge in [0.05, 0.1) is 27.8 Å². The minimum atomic E-state index is 0.347. The summed E-state index contributed by atoms with van der Waals surface area (Å²) in [6.45, 7) is 8.53. The van der Waals surface area contributed by atoms with Crippen molar-refractivity contribution in [2.45, 2.75) is 58.2 Å². The lowest BCUT2D eigenvalue weighted by atomic mass is 9.75. The predicted octanol–water partition coefficient (Wildman–Crippen LogP) is 11.1. The summed E-state index contributed by atoms with van der Waals surface area (Å²) in [6.07, 6.45) is 15.9. The molecule has 11 rings (SSSR count). The first kappa shape index (κ1) is 30.3. The van der Waals surface area contributed by atoms with Crippen molar-refractivity contribution in [3.63, 3.8) is 0 Å². The first-order chi connectivity index (χ1) is 25.0. The first-order valence-corrected chi connectivity index (χ1v) is 20.0. The smallest absolute Gasteiger partial charge is 0.0719 e. The number of likely N-dealkylation sites (N-methyl/N-ethyl adjacent to an activating group) is 1. The van der Waals surface area contributed by atoms with E-state index in [0.29, 0.717) is 41.8 Å². The van der Waals surface area contributed by atoms with Crippen molar-refractivity contribution in [1.82, 2.24) is 14.4 Å². The van der Waals surface area contributed by atoms with Crippen molar-refractivity contribution < 1.29 is 0 Å². The van der Waals surface area contributed by atoms with E-state index in [-0.39, 0.29) is 0 Å². The third-order valence-electron chi connectivity index (χ3n) is 13.5. The van der Waals surface area contributed by atoms with Crippen LogP contribution in [0.5, 0.6) is 0 Å². The lowest BCUT2D eigenvalue weighted by Gasteiger charge is -2.44. The van der Waals surface area contributed by atoms with Gasteiger partial charge in [0.2, 0.25) is 0 Å². The highest BCUT2D eigenvalue weighted by Crippen LogP contribution is 2.52. The van der Waals surface area contributed by atoms with Crippen LogP contribution in [0.15, 0.2) is 121 Å². The molecule has 3 nitrogen and oxygen atoms in total. The third-order valence-corrected chi connectivity index (χ3v) is 14.7. The SMILES string of the molecule is CC1CC(C2=CC3CN2C2C=CC(c4ccccc4)N(C)C32)=CC=C1n1c2ccccc2c2c3c(c4c5ccccc5sc4c21)CC(C)C(C)C3. The summed E-state index contributed by atoms with van der Waals surface area (Å²) in [5.74, 6) is 2.32. The maximum Gasteiger partial charge on any atom is 0.0719 e. The average Bonchev–Trinajstić information content (AvgIpc) is 3.93. The molecule has 2 aromatic heterocycles. The molecule has 254 valence electrons. The summed E-state index contributed by atoms with van der Waals surface area (Å²) in [5.41, 5.74) is 11.8. The van der Waals surface area contributed by atoms with Gasteiger partial charge in [-0.25, -0.2) is 0 Å². The molecular weight excluding hydrogens is 639 g/mol. The number of fused-ring (bicyclic) bond motifs is 15. The van der Waals surface area contributed by atoms with Crippen LogP contribution in [0, 0.1) is 23.7 Å². The Bertz CT molecular complexity index is 2540. The first-order valence-electron chi connectivity index (χ1n) is 19.2. The van der Waals surface area contributed by atoms with E-state index in [9.17, 15) is 0 Å². The van der Waals surface area contributed by atoms with Gasteiger partial charge < -0.3 is 9.47 Å². The van der Waals surface area contributed by atoms with E-state index in [4.69, 9.17) is 0 Å². The molecule has 2 aliphatic carbocycles. The van der Waals surface area contributed by atoms with Crippen LogP contribution in [0.2, 0.25) is 0 Å². The van der Waals surface area contributed by atoms with Gasteiger partial charge in [0, 0.05) is 62.1 Å². The van der Waals surface area contributed by atoms with E-state index >= 15 is 0 Å². The van der Waals surface area contributed by atoms with Crippen LogP contribution in [0.4, 0.5) is 0 Å². The number of hydrogen-bond acceptors (Lipinski definition) is 3. The molecule has 1 fully saturated rings. The third kappa shape index (κ3) is 4.21. The van der Waals surface area contributed by atoms with E-state index in [1.807, 2.05) is 11.3 Å². The van der Waals surface area contributed by atoms with Gasteiger partial charge in [0.1, 0.15) is 0 Å². The fourth-order valence-corrected chi connectivity index (χ4v) is 12.1. The Morgan fingerprint density at radius 3 is 2.25 bits per heavy atom. The standard InChI is InChI=1S/C47H45N3S/c1-27-23-35-36(24-28(27)2)44-34-15-9-11-17-42(34)51-47(44)46-43(35)33-14-8-10-16-39(33)50(46)37-19-18-31(22-29(37)3)41-25-32-26-49(41)40-21-20-38(48(4)45(32)40)30-12-6-5-7-13-30/h5-21,25,27-29,32,38,40,45H,22-24,26H2,1-4H3.